The molecule has 1 saturated carbocycles. The lowest BCUT2D eigenvalue weighted by Crippen LogP contribution is -2.38. The summed E-state index contributed by atoms with van der Waals surface area (Å²) in [4.78, 5) is 23.6. The van der Waals surface area contributed by atoms with E-state index in [9.17, 15) is 4.79 Å². The molecule has 1 saturated heterocycles. The fraction of sp³-hybridized carbons (Fsp3) is 0.500. The van der Waals surface area contributed by atoms with Crippen molar-refractivity contribution in [3.05, 3.63) is 30.0 Å². The Morgan fingerprint density at radius 2 is 2.28 bits per heavy atom. The van der Waals surface area contributed by atoms with E-state index in [4.69, 9.17) is 21.3 Å². The standard InChI is InChI=1S/C20H23ClN6O2/c1-2-29-19(28)16-9-14(21)11-26(16)20-24-18(15-4-3-7-27(15)25-20)23-17-8-13(10-22-17)12-5-6-12/h3-4,7-8,12,14,16H,2,5-6,9-11H2,1H3,(H,22,23,24,25)/t14-,16-/m0/s1. The van der Waals surface area contributed by atoms with Crippen LogP contribution in [0.25, 0.3) is 5.52 Å². The van der Waals surface area contributed by atoms with E-state index in [2.05, 4.69) is 21.5 Å². The molecule has 4 heterocycles. The molecule has 9 heteroatoms. The minimum absolute atomic E-state index is 0.159. The van der Waals surface area contributed by atoms with Crippen LogP contribution in [-0.4, -0.2) is 57.5 Å². The number of aliphatic imine (C=N–C) groups is 1. The summed E-state index contributed by atoms with van der Waals surface area (Å²) in [6.07, 6.45) is 7.03. The molecule has 0 unspecified atom stereocenters. The van der Waals surface area contributed by atoms with Gasteiger partial charge in [-0.25, -0.2) is 9.31 Å². The molecule has 3 aliphatic rings. The number of esters is 1. The Morgan fingerprint density at radius 3 is 3.07 bits per heavy atom. The second-order valence-electron chi connectivity index (χ2n) is 7.67. The van der Waals surface area contributed by atoms with E-state index < -0.39 is 6.04 Å². The Labute approximate surface area is 173 Å². The lowest BCUT2D eigenvalue weighted by molar-refractivity contribution is -0.144. The molecule has 0 spiro atoms. The molecule has 8 nitrogen and oxygen atoms in total. The number of rotatable bonds is 5. The summed E-state index contributed by atoms with van der Waals surface area (Å²) in [7, 11) is 0. The van der Waals surface area contributed by atoms with Gasteiger partial charge >= 0.3 is 5.97 Å². The van der Waals surface area contributed by atoms with Crippen LogP contribution >= 0.6 is 11.6 Å². The number of nitrogens with zero attached hydrogens (tertiary/aromatic N) is 5. The van der Waals surface area contributed by atoms with Gasteiger partial charge in [0.15, 0.2) is 5.82 Å². The first kappa shape index (κ1) is 18.4. The zero-order valence-electron chi connectivity index (χ0n) is 16.2. The van der Waals surface area contributed by atoms with Crippen molar-refractivity contribution in [1.82, 2.24) is 14.6 Å². The normalized spacial score (nSPS) is 24.0. The van der Waals surface area contributed by atoms with Gasteiger partial charge in [0.1, 0.15) is 17.4 Å². The maximum Gasteiger partial charge on any atom is 0.328 e. The maximum atomic E-state index is 12.4. The molecule has 29 heavy (non-hydrogen) atoms. The maximum absolute atomic E-state index is 12.4. The molecule has 2 aliphatic heterocycles. The van der Waals surface area contributed by atoms with E-state index in [-0.39, 0.29) is 11.3 Å². The summed E-state index contributed by atoms with van der Waals surface area (Å²) in [5, 5.41) is 7.80. The van der Waals surface area contributed by atoms with E-state index in [1.165, 1.54) is 18.4 Å². The van der Waals surface area contributed by atoms with Crippen molar-refractivity contribution in [3.63, 3.8) is 0 Å². The number of hydrogen-bond acceptors (Lipinski definition) is 7. The molecule has 2 atom stereocenters. The van der Waals surface area contributed by atoms with Crippen molar-refractivity contribution in [1.29, 1.82) is 0 Å². The number of anilines is 2. The molecule has 2 aromatic rings. The van der Waals surface area contributed by atoms with Crippen LogP contribution in [0.3, 0.4) is 0 Å². The molecule has 0 aromatic carbocycles. The summed E-state index contributed by atoms with van der Waals surface area (Å²) in [5.74, 6) is 2.33. The Bertz CT molecular complexity index is 1010. The van der Waals surface area contributed by atoms with Crippen LogP contribution in [-0.2, 0) is 9.53 Å². The molecule has 5 rings (SSSR count). The van der Waals surface area contributed by atoms with Crippen molar-refractivity contribution in [2.45, 2.75) is 37.6 Å². The van der Waals surface area contributed by atoms with Crippen LogP contribution in [0.4, 0.5) is 11.8 Å². The summed E-state index contributed by atoms with van der Waals surface area (Å²) >= 11 is 6.37. The molecule has 2 fully saturated rings. The van der Waals surface area contributed by atoms with Gasteiger partial charge in [-0.15, -0.1) is 16.7 Å². The highest BCUT2D eigenvalue weighted by Crippen LogP contribution is 2.38. The van der Waals surface area contributed by atoms with Crippen LogP contribution in [0.1, 0.15) is 26.2 Å². The highest BCUT2D eigenvalue weighted by molar-refractivity contribution is 6.21. The first-order valence-corrected chi connectivity index (χ1v) is 10.5. The number of carbonyl (C=O) groups excluding carboxylic acids is 1. The van der Waals surface area contributed by atoms with Crippen LogP contribution in [0.2, 0.25) is 0 Å². The third kappa shape index (κ3) is 3.57. The number of fused-ring (bicyclic) bond motifs is 1. The quantitative estimate of drug-likeness (QED) is 0.598. The topological polar surface area (TPSA) is 84.1 Å². The Balaban J connectivity index is 1.46. The van der Waals surface area contributed by atoms with E-state index in [0.717, 1.165) is 17.9 Å². The Morgan fingerprint density at radius 1 is 1.41 bits per heavy atom. The number of hydrogen-bond donors (Lipinski definition) is 1. The van der Waals surface area contributed by atoms with E-state index in [0.29, 0.717) is 37.3 Å². The minimum Gasteiger partial charge on any atom is -0.464 e. The molecule has 1 N–H and O–H groups in total. The third-order valence-corrected chi connectivity index (χ3v) is 5.86. The van der Waals surface area contributed by atoms with E-state index in [1.54, 1.807) is 11.4 Å². The first-order valence-electron chi connectivity index (χ1n) is 10.1. The van der Waals surface area contributed by atoms with Gasteiger partial charge in [-0.05, 0) is 55.9 Å². The van der Waals surface area contributed by atoms with Gasteiger partial charge in [0, 0.05) is 12.7 Å². The number of halogens is 1. The van der Waals surface area contributed by atoms with Crippen molar-refractivity contribution in [3.8, 4) is 0 Å². The third-order valence-electron chi connectivity index (χ3n) is 5.55. The van der Waals surface area contributed by atoms with Gasteiger partial charge in [-0.1, -0.05) is 0 Å². The van der Waals surface area contributed by atoms with Gasteiger partial charge in [0.25, 0.3) is 0 Å². The van der Waals surface area contributed by atoms with Crippen molar-refractivity contribution in [2.75, 3.05) is 29.9 Å². The average molecular weight is 415 g/mol. The molecule has 0 radical (unpaired) electrons. The summed E-state index contributed by atoms with van der Waals surface area (Å²) < 4.78 is 6.99. The molecule has 152 valence electrons. The number of nitrogens with one attached hydrogen (secondary N) is 1. The fourth-order valence-electron chi connectivity index (χ4n) is 3.95. The molecule has 0 bridgehead atoms. The molecule has 2 aromatic heterocycles. The van der Waals surface area contributed by atoms with E-state index >= 15 is 0 Å². The largest absolute Gasteiger partial charge is 0.464 e. The van der Waals surface area contributed by atoms with Gasteiger partial charge in [0.2, 0.25) is 5.95 Å². The highest BCUT2D eigenvalue weighted by atomic mass is 35.5. The molecular weight excluding hydrogens is 392 g/mol. The summed E-state index contributed by atoms with van der Waals surface area (Å²) in [6, 6.07) is 3.38. The van der Waals surface area contributed by atoms with E-state index in [1.807, 2.05) is 23.2 Å². The van der Waals surface area contributed by atoms with Crippen LogP contribution < -0.4 is 10.2 Å². The van der Waals surface area contributed by atoms with Gasteiger partial charge in [0.05, 0.1) is 18.5 Å². The average Bonchev–Trinajstić information content (AvgIpc) is 3.10. The monoisotopic (exact) mass is 414 g/mol. The predicted molar refractivity (Wildman–Crippen MR) is 112 cm³/mol. The van der Waals surface area contributed by atoms with Crippen molar-refractivity contribution < 1.29 is 9.53 Å². The number of aromatic nitrogens is 3. The van der Waals surface area contributed by atoms with Crippen LogP contribution in [0.15, 0.2) is 35.0 Å². The number of alkyl halides is 1. The van der Waals surface area contributed by atoms with Gasteiger partial charge in [-0.3, -0.25) is 4.99 Å². The first-order chi connectivity index (χ1) is 14.1. The predicted octanol–water partition coefficient (Wildman–Crippen LogP) is 2.64. The lowest BCUT2D eigenvalue weighted by Gasteiger charge is -2.23. The molecule has 1 aliphatic carbocycles. The second-order valence-corrected chi connectivity index (χ2v) is 8.29. The smallest absolute Gasteiger partial charge is 0.328 e. The van der Waals surface area contributed by atoms with Crippen LogP contribution in [0, 0.1) is 5.92 Å². The van der Waals surface area contributed by atoms with Gasteiger partial charge in [-0.2, -0.15) is 4.98 Å². The molecular formula is C20H23ClN6O2. The number of amidine groups is 1. The second kappa shape index (κ2) is 7.33. The summed E-state index contributed by atoms with van der Waals surface area (Å²) in [5.41, 5.74) is 2.24. The van der Waals surface area contributed by atoms with Gasteiger partial charge < -0.3 is 15.0 Å². The minimum atomic E-state index is -0.483. The fourth-order valence-corrected chi connectivity index (χ4v) is 4.26. The zero-order valence-corrected chi connectivity index (χ0v) is 17.0. The highest BCUT2D eigenvalue weighted by Gasteiger charge is 2.39. The van der Waals surface area contributed by atoms with Crippen molar-refractivity contribution in [2.24, 2.45) is 10.9 Å². The van der Waals surface area contributed by atoms with Crippen LogP contribution in [0.5, 0.6) is 0 Å². The Kier molecular flexibility index (Phi) is 4.66. The van der Waals surface area contributed by atoms with Crippen molar-refractivity contribution >= 4 is 40.7 Å². The number of carbonyl (C=O) groups is 1. The zero-order chi connectivity index (χ0) is 20.0. The SMILES string of the molecule is CCOC(=O)[C@@H]1C[C@H](Cl)CN1c1nc(NC2=NCC(C3CC3)=C2)c2cccn2n1. The Hall–Kier alpha value is -2.61. The number of ether oxygens (including phenoxy) is 1. The molecule has 0 amide bonds. The summed E-state index contributed by atoms with van der Waals surface area (Å²) in [6.45, 7) is 3.37. The lowest BCUT2D eigenvalue weighted by atomic mass is 10.2.